The Morgan fingerprint density at radius 2 is 1.85 bits per heavy atom. The van der Waals surface area contributed by atoms with Gasteiger partial charge in [0.2, 0.25) is 0 Å². The average Bonchev–Trinajstić information content (AvgIpc) is 3.18. The van der Waals surface area contributed by atoms with Crippen LogP contribution in [0.5, 0.6) is 11.8 Å². The molecule has 2 aromatic carbocycles. The van der Waals surface area contributed by atoms with Crippen LogP contribution in [0.25, 0.3) is 39.0 Å². The molecule has 5 aromatic rings. The number of hydrogen-bond donors (Lipinski definition) is 0. The van der Waals surface area contributed by atoms with Crippen molar-refractivity contribution in [3.8, 4) is 28.7 Å². The molecule has 0 aliphatic carbocycles. The van der Waals surface area contributed by atoms with Crippen LogP contribution in [0.2, 0.25) is 0 Å². The lowest BCUT2D eigenvalue weighted by Crippen LogP contribution is -2.23. The predicted octanol–water partition coefficient (Wildman–Crippen LogP) is 3.73. The van der Waals surface area contributed by atoms with Crippen LogP contribution in [0.1, 0.15) is 6.92 Å². The summed E-state index contributed by atoms with van der Waals surface area (Å²) in [5.41, 5.74) is 2.08. The van der Waals surface area contributed by atoms with Crippen LogP contribution in [0.3, 0.4) is 0 Å². The lowest BCUT2D eigenvalue weighted by molar-refractivity contribution is -0.0498. The second-order valence-corrected chi connectivity index (χ2v) is 7.34. The van der Waals surface area contributed by atoms with Gasteiger partial charge in [-0.25, -0.2) is 9.97 Å². The summed E-state index contributed by atoms with van der Waals surface area (Å²) >= 11 is 0. The lowest BCUT2D eigenvalue weighted by atomic mass is 10.1. The van der Waals surface area contributed by atoms with Gasteiger partial charge in [-0.15, -0.1) is 0 Å². The van der Waals surface area contributed by atoms with Crippen molar-refractivity contribution < 1.29 is 18.3 Å². The smallest absolute Gasteiger partial charge is 0.387 e. The highest BCUT2D eigenvalue weighted by Gasteiger charge is 2.18. The summed E-state index contributed by atoms with van der Waals surface area (Å²) in [6.07, 6.45) is 3.32. The molecule has 9 nitrogen and oxygen atoms in total. The van der Waals surface area contributed by atoms with E-state index >= 15 is 0 Å². The van der Waals surface area contributed by atoms with Crippen molar-refractivity contribution in [2.24, 2.45) is 7.05 Å². The molecule has 0 atom stereocenters. The van der Waals surface area contributed by atoms with Crippen LogP contribution in [0.4, 0.5) is 8.78 Å². The van der Waals surface area contributed by atoms with Gasteiger partial charge in [0.1, 0.15) is 17.0 Å². The fraction of sp³-hybridized carbons (Fsp3) is 0.174. The van der Waals surface area contributed by atoms with Gasteiger partial charge >= 0.3 is 12.6 Å². The van der Waals surface area contributed by atoms with Gasteiger partial charge in [-0.2, -0.15) is 18.9 Å². The topological polar surface area (TPSA) is 97.0 Å². The Balaban J connectivity index is 1.74. The first-order chi connectivity index (χ1) is 16.4. The number of benzene rings is 2. The average molecular weight is 464 g/mol. The van der Waals surface area contributed by atoms with E-state index in [4.69, 9.17) is 4.74 Å². The van der Waals surface area contributed by atoms with Crippen molar-refractivity contribution in [1.82, 2.24) is 29.3 Å². The van der Waals surface area contributed by atoms with Crippen molar-refractivity contribution >= 4 is 22.1 Å². The van der Waals surface area contributed by atoms with Crippen LogP contribution in [0.15, 0.2) is 59.7 Å². The zero-order valence-electron chi connectivity index (χ0n) is 18.1. The summed E-state index contributed by atoms with van der Waals surface area (Å²) in [6, 6.07) is 11.2. The minimum absolute atomic E-state index is 0.0305. The van der Waals surface area contributed by atoms with Gasteiger partial charge in [-0.1, -0.05) is 6.07 Å². The van der Waals surface area contributed by atoms with Crippen molar-refractivity contribution in [2.75, 3.05) is 6.61 Å². The maximum absolute atomic E-state index is 13.7. The van der Waals surface area contributed by atoms with Crippen molar-refractivity contribution in [3.05, 3.63) is 65.2 Å². The molecule has 0 spiro atoms. The maximum Gasteiger partial charge on any atom is 0.387 e. The number of rotatable bonds is 6. The molecular weight excluding hydrogens is 446 g/mol. The zero-order valence-corrected chi connectivity index (χ0v) is 18.1. The Kier molecular flexibility index (Phi) is 5.36. The molecule has 0 radical (unpaired) electrons. The third kappa shape index (κ3) is 3.91. The maximum atomic E-state index is 13.7. The van der Waals surface area contributed by atoms with E-state index in [1.807, 2.05) is 25.4 Å². The fourth-order valence-corrected chi connectivity index (χ4v) is 3.66. The Bertz CT molecular complexity index is 1560. The first-order valence-electron chi connectivity index (χ1n) is 10.3. The summed E-state index contributed by atoms with van der Waals surface area (Å²) in [7, 11) is 1.82. The molecule has 0 aliphatic heterocycles. The molecule has 0 saturated heterocycles. The highest BCUT2D eigenvalue weighted by molar-refractivity contribution is 5.84. The van der Waals surface area contributed by atoms with Gasteiger partial charge in [0, 0.05) is 24.2 Å². The molecule has 0 bridgehead atoms. The number of aryl methyl sites for hydroxylation is 1. The molecule has 11 heteroatoms. The molecule has 0 aliphatic rings. The van der Waals surface area contributed by atoms with Crippen LogP contribution in [0, 0.1) is 0 Å². The van der Waals surface area contributed by atoms with E-state index in [1.165, 1.54) is 35.0 Å². The van der Waals surface area contributed by atoms with Gasteiger partial charge in [0.15, 0.2) is 5.65 Å². The molecule has 0 amide bonds. The van der Waals surface area contributed by atoms with E-state index in [0.717, 1.165) is 10.9 Å². The second kappa shape index (κ2) is 8.50. The van der Waals surface area contributed by atoms with E-state index in [2.05, 4.69) is 24.8 Å². The van der Waals surface area contributed by atoms with Crippen LogP contribution in [-0.4, -0.2) is 42.5 Å². The first kappa shape index (κ1) is 21.4. The summed E-state index contributed by atoms with van der Waals surface area (Å²) in [5.74, 6) is -0.0305. The fourth-order valence-electron chi connectivity index (χ4n) is 3.66. The Hall–Kier alpha value is -4.41. The molecule has 0 unspecified atom stereocenters. The van der Waals surface area contributed by atoms with Crippen LogP contribution in [-0.2, 0) is 7.05 Å². The number of fused-ring (bicyclic) bond motifs is 2. The summed E-state index contributed by atoms with van der Waals surface area (Å²) < 4.78 is 38.0. The van der Waals surface area contributed by atoms with E-state index in [-0.39, 0.29) is 23.1 Å². The number of alkyl halides is 2. The molecule has 0 N–H and O–H groups in total. The Morgan fingerprint density at radius 3 is 2.59 bits per heavy atom. The van der Waals surface area contributed by atoms with Crippen LogP contribution < -0.4 is 15.0 Å². The predicted molar refractivity (Wildman–Crippen MR) is 120 cm³/mol. The van der Waals surface area contributed by atoms with E-state index in [1.54, 1.807) is 17.7 Å². The highest BCUT2D eigenvalue weighted by Crippen LogP contribution is 2.24. The van der Waals surface area contributed by atoms with Crippen LogP contribution >= 0.6 is 0 Å². The summed E-state index contributed by atoms with van der Waals surface area (Å²) in [4.78, 5) is 26.8. The van der Waals surface area contributed by atoms with Crippen molar-refractivity contribution in [3.63, 3.8) is 0 Å². The number of ether oxygens (including phenoxy) is 2. The number of halogens is 2. The molecular formula is C23H18F2N6O3. The first-order valence-corrected chi connectivity index (χ1v) is 10.3. The van der Waals surface area contributed by atoms with Crippen molar-refractivity contribution in [1.29, 1.82) is 0 Å². The van der Waals surface area contributed by atoms with Gasteiger partial charge in [0.05, 0.1) is 24.0 Å². The highest BCUT2D eigenvalue weighted by atomic mass is 19.3. The minimum Gasteiger partial charge on any atom is -0.464 e. The molecule has 5 rings (SSSR count). The number of aromatic nitrogens is 6. The SMILES string of the molecule is CCOc1ncc2nc(-c3ccc4nn(C)cc4c3)c(=O)n(-c3ccc(OC(F)F)cc3)c2n1. The van der Waals surface area contributed by atoms with E-state index in [9.17, 15) is 13.6 Å². The standard InChI is InChI=1S/C23H18F2N6O3/c1-3-33-23-26-11-18-20(28-23)31(15-5-7-16(8-6-15)34-22(24)25)21(32)19(27-18)13-4-9-17-14(10-13)12-30(2)29-17/h4-12,22H,3H2,1-2H3. The summed E-state index contributed by atoms with van der Waals surface area (Å²) in [5, 5.41) is 5.21. The number of nitrogens with zero attached hydrogens (tertiary/aromatic N) is 6. The quantitative estimate of drug-likeness (QED) is 0.378. The zero-order chi connectivity index (χ0) is 23.8. The van der Waals surface area contributed by atoms with E-state index < -0.39 is 12.2 Å². The minimum atomic E-state index is -2.95. The lowest BCUT2D eigenvalue weighted by Gasteiger charge is -2.13. The molecule has 34 heavy (non-hydrogen) atoms. The molecule has 0 fully saturated rings. The summed E-state index contributed by atoms with van der Waals surface area (Å²) in [6.45, 7) is -0.824. The molecule has 172 valence electrons. The van der Waals surface area contributed by atoms with Gasteiger partial charge < -0.3 is 9.47 Å². The van der Waals surface area contributed by atoms with Gasteiger partial charge in [-0.3, -0.25) is 14.0 Å². The normalized spacial score (nSPS) is 11.4. The number of hydrogen-bond acceptors (Lipinski definition) is 7. The van der Waals surface area contributed by atoms with Gasteiger partial charge in [0.25, 0.3) is 5.56 Å². The third-order valence-corrected chi connectivity index (χ3v) is 5.06. The largest absolute Gasteiger partial charge is 0.464 e. The monoisotopic (exact) mass is 464 g/mol. The van der Waals surface area contributed by atoms with Crippen molar-refractivity contribution in [2.45, 2.75) is 13.5 Å². The molecule has 0 saturated carbocycles. The second-order valence-electron chi connectivity index (χ2n) is 7.34. The Labute approximate surface area is 191 Å². The third-order valence-electron chi connectivity index (χ3n) is 5.06. The Morgan fingerprint density at radius 1 is 1.06 bits per heavy atom. The van der Waals surface area contributed by atoms with Gasteiger partial charge in [-0.05, 0) is 43.3 Å². The molecule has 3 heterocycles. The molecule has 3 aromatic heterocycles. The van der Waals surface area contributed by atoms with E-state index in [0.29, 0.717) is 23.4 Å².